The number of nitrogens with one attached hydrogen (secondary N) is 1. The van der Waals surface area contributed by atoms with Gasteiger partial charge in [-0.3, -0.25) is 0 Å². The Morgan fingerprint density at radius 2 is 1.81 bits per heavy atom. The summed E-state index contributed by atoms with van der Waals surface area (Å²) >= 11 is 0. The minimum atomic E-state index is -3.07. The quantitative estimate of drug-likeness (QED) is 0.630. The number of sulfonamides is 1. The van der Waals surface area contributed by atoms with Crippen LogP contribution in [0.15, 0.2) is 0 Å². The Labute approximate surface area is 100 Å². The third-order valence-corrected chi connectivity index (χ3v) is 4.63. The first-order chi connectivity index (χ1) is 7.45. The highest BCUT2D eigenvalue weighted by atomic mass is 32.2. The van der Waals surface area contributed by atoms with Crippen LogP contribution in [0.25, 0.3) is 0 Å². The average molecular weight is 250 g/mol. The van der Waals surface area contributed by atoms with Crippen molar-refractivity contribution >= 4 is 10.0 Å². The van der Waals surface area contributed by atoms with Gasteiger partial charge < -0.3 is 5.32 Å². The van der Waals surface area contributed by atoms with E-state index < -0.39 is 10.0 Å². The van der Waals surface area contributed by atoms with Gasteiger partial charge in [0.25, 0.3) is 0 Å². The van der Waals surface area contributed by atoms with Crippen molar-refractivity contribution in [2.75, 3.05) is 25.4 Å². The second-order valence-electron chi connectivity index (χ2n) is 4.22. The molecule has 0 saturated heterocycles. The number of nitrogens with zero attached hydrogens (tertiary/aromatic N) is 1. The maximum atomic E-state index is 11.9. The summed E-state index contributed by atoms with van der Waals surface area (Å²) in [5.74, 6) is 0.246. The van der Waals surface area contributed by atoms with Gasteiger partial charge in [-0.05, 0) is 39.8 Å². The Morgan fingerprint density at radius 1 is 1.19 bits per heavy atom. The molecule has 0 radical (unpaired) electrons. The van der Waals surface area contributed by atoms with Gasteiger partial charge in [0, 0.05) is 12.6 Å². The van der Waals surface area contributed by atoms with Crippen LogP contribution in [0, 0.1) is 0 Å². The zero-order chi connectivity index (χ0) is 12.6. The molecule has 0 aliphatic carbocycles. The summed E-state index contributed by atoms with van der Waals surface area (Å²) in [6.07, 6.45) is 1.77. The number of hydrogen-bond donors (Lipinski definition) is 1. The highest BCUT2D eigenvalue weighted by Gasteiger charge is 2.22. The van der Waals surface area contributed by atoms with Crippen LogP contribution in [0.4, 0.5) is 0 Å². The second-order valence-corrected chi connectivity index (χ2v) is 6.26. The van der Waals surface area contributed by atoms with E-state index in [1.165, 1.54) is 0 Å². The molecule has 0 amide bonds. The van der Waals surface area contributed by atoms with Gasteiger partial charge in [-0.2, -0.15) is 4.31 Å². The molecule has 0 rings (SSSR count). The largest absolute Gasteiger partial charge is 0.317 e. The van der Waals surface area contributed by atoms with E-state index in [9.17, 15) is 8.42 Å². The normalized spacial score (nSPS) is 12.6. The lowest BCUT2D eigenvalue weighted by molar-refractivity contribution is 0.368. The molecular formula is C11H26N2O2S. The Hall–Kier alpha value is -0.130. The van der Waals surface area contributed by atoms with Crippen molar-refractivity contribution in [1.29, 1.82) is 0 Å². The van der Waals surface area contributed by atoms with E-state index in [0.29, 0.717) is 13.0 Å². The maximum Gasteiger partial charge on any atom is 0.214 e. The van der Waals surface area contributed by atoms with Crippen LogP contribution in [-0.2, 0) is 10.0 Å². The van der Waals surface area contributed by atoms with Crippen LogP contribution in [-0.4, -0.2) is 44.2 Å². The molecule has 98 valence electrons. The lowest BCUT2D eigenvalue weighted by Crippen LogP contribution is -2.38. The zero-order valence-corrected chi connectivity index (χ0v) is 11.8. The third-order valence-electron chi connectivity index (χ3n) is 2.43. The summed E-state index contributed by atoms with van der Waals surface area (Å²) < 4.78 is 25.4. The van der Waals surface area contributed by atoms with E-state index in [0.717, 1.165) is 19.5 Å². The van der Waals surface area contributed by atoms with E-state index in [1.54, 1.807) is 4.31 Å². The van der Waals surface area contributed by atoms with Gasteiger partial charge in [-0.15, -0.1) is 0 Å². The summed E-state index contributed by atoms with van der Waals surface area (Å²) in [4.78, 5) is 0. The summed E-state index contributed by atoms with van der Waals surface area (Å²) in [5.41, 5.74) is 0. The zero-order valence-electron chi connectivity index (χ0n) is 11.0. The minimum Gasteiger partial charge on any atom is -0.317 e. The molecule has 0 atom stereocenters. The summed E-state index contributed by atoms with van der Waals surface area (Å²) in [6, 6.07) is 0.0543. The Balaban J connectivity index is 4.03. The predicted molar refractivity (Wildman–Crippen MR) is 69.1 cm³/mol. The monoisotopic (exact) mass is 250 g/mol. The van der Waals surface area contributed by atoms with Crippen molar-refractivity contribution < 1.29 is 8.42 Å². The van der Waals surface area contributed by atoms with Gasteiger partial charge in [0.1, 0.15) is 0 Å². The van der Waals surface area contributed by atoms with Crippen molar-refractivity contribution in [1.82, 2.24) is 9.62 Å². The maximum absolute atomic E-state index is 11.9. The molecule has 0 aromatic heterocycles. The summed E-state index contributed by atoms with van der Waals surface area (Å²) in [5, 5.41) is 3.21. The molecule has 0 aliphatic heterocycles. The van der Waals surface area contributed by atoms with Crippen LogP contribution >= 0.6 is 0 Å². The Kier molecular flexibility index (Phi) is 7.97. The molecule has 5 heteroatoms. The van der Waals surface area contributed by atoms with Gasteiger partial charge in [0.05, 0.1) is 5.75 Å². The molecule has 0 aromatic carbocycles. The second kappa shape index (κ2) is 8.03. The molecule has 0 saturated carbocycles. The number of rotatable bonds is 9. The van der Waals surface area contributed by atoms with Gasteiger partial charge in [-0.25, -0.2) is 8.42 Å². The molecule has 0 bridgehead atoms. The molecule has 0 spiro atoms. The Morgan fingerprint density at radius 3 is 2.25 bits per heavy atom. The van der Waals surface area contributed by atoms with E-state index in [4.69, 9.17) is 0 Å². The van der Waals surface area contributed by atoms with Gasteiger partial charge in [-0.1, -0.05) is 13.8 Å². The lowest BCUT2D eigenvalue weighted by Gasteiger charge is -2.24. The fraction of sp³-hybridized carbons (Fsp3) is 1.00. The SMILES string of the molecule is CCCNCCCS(=O)(=O)N(CC)C(C)C. The van der Waals surface area contributed by atoms with Crippen LogP contribution < -0.4 is 5.32 Å². The average Bonchev–Trinajstić information content (AvgIpc) is 2.17. The molecule has 0 fully saturated rings. The lowest BCUT2D eigenvalue weighted by atomic mass is 10.4. The van der Waals surface area contributed by atoms with E-state index >= 15 is 0 Å². The fourth-order valence-corrected chi connectivity index (χ4v) is 3.46. The first kappa shape index (κ1) is 15.9. The predicted octanol–water partition coefficient (Wildman–Crippen LogP) is 1.44. The van der Waals surface area contributed by atoms with Crippen LogP contribution in [0.2, 0.25) is 0 Å². The number of hydrogen-bond acceptors (Lipinski definition) is 3. The molecule has 4 nitrogen and oxygen atoms in total. The van der Waals surface area contributed by atoms with Crippen molar-refractivity contribution in [2.24, 2.45) is 0 Å². The van der Waals surface area contributed by atoms with Gasteiger partial charge >= 0.3 is 0 Å². The minimum absolute atomic E-state index is 0.0543. The Bertz CT molecular complexity index is 263. The standard InChI is InChI=1S/C11H26N2O2S/c1-5-8-12-9-7-10-16(14,15)13(6-2)11(3)4/h11-12H,5-10H2,1-4H3. The fourth-order valence-electron chi connectivity index (χ4n) is 1.68. The molecule has 0 aromatic rings. The van der Waals surface area contributed by atoms with Crippen LogP contribution in [0.3, 0.4) is 0 Å². The third kappa shape index (κ3) is 5.82. The van der Waals surface area contributed by atoms with Crippen molar-refractivity contribution in [2.45, 2.75) is 46.6 Å². The van der Waals surface area contributed by atoms with Crippen LogP contribution in [0.1, 0.15) is 40.5 Å². The molecule has 0 heterocycles. The highest BCUT2D eigenvalue weighted by Crippen LogP contribution is 2.07. The first-order valence-electron chi connectivity index (χ1n) is 6.16. The topological polar surface area (TPSA) is 49.4 Å². The van der Waals surface area contributed by atoms with E-state index in [2.05, 4.69) is 12.2 Å². The van der Waals surface area contributed by atoms with Crippen molar-refractivity contribution in [3.05, 3.63) is 0 Å². The molecule has 16 heavy (non-hydrogen) atoms. The molecule has 0 aliphatic rings. The van der Waals surface area contributed by atoms with Gasteiger partial charge in [0.15, 0.2) is 0 Å². The molecular weight excluding hydrogens is 224 g/mol. The molecule has 1 N–H and O–H groups in total. The van der Waals surface area contributed by atoms with Crippen molar-refractivity contribution in [3.8, 4) is 0 Å². The first-order valence-corrected chi connectivity index (χ1v) is 7.76. The van der Waals surface area contributed by atoms with Crippen LogP contribution in [0.5, 0.6) is 0 Å². The molecule has 0 unspecified atom stereocenters. The summed E-state index contributed by atoms with van der Waals surface area (Å²) in [7, 11) is -3.07. The van der Waals surface area contributed by atoms with E-state index in [1.807, 2.05) is 20.8 Å². The smallest absolute Gasteiger partial charge is 0.214 e. The van der Waals surface area contributed by atoms with Crippen molar-refractivity contribution in [3.63, 3.8) is 0 Å². The summed E-state index contributed by atoms with van der Waals surface area (Å²) in [6.45, 7) is 10.1. The van der Waals surface area contributed by atoms with Gasteiger partial charge in [0.2, 0.25) is 10.0 Å². The highest BCUT2D eigenvalue weighted by molar-refractivity contribution is 7.89. The van der Waals surface area contributed by atoms with E-state index in [-0.39, 0.29) is 11.8 Å².